The van der Waals surface area contributed by atoms with Crippen molar-refractivity contribution >= 4 is 11.8 Å². The Morgan fingerprint density at radius 3 is 2.36 bits per heavy atom. The molecule has 3 aromatic rings. The van der Waals surface area contributed by atoms with Gasteiger partial charge in [0.2, 0.25) is 0 Å². The van der Waals surface area contributed by atoms with E-state index in [1.54, 1.807) is 58.9 Å². The van der Waals surface area contributed by atoms with Gasteiger partial charge in [-0.05, 0) is 30.7 Å². The first kappa shape index (κ1) is 17.8. The van der Waals surface area contributed by atoms with E-state index in [0.717, 1.165) is 5.56 Å². The Bertz CT molecular complexity index is 958. The number of carbonyl (C=O) groups excluding carboxylic acids is 2. The number of rotatable bonds is 3. The molecule has 1 saturated heterocycles. The molecule has 1 fully saturated rings. The van der Waals surface area contributed by atoms with Crippen LogP contribution >= 0.6 is 0 Å². The number of carbonyl (C=O) groups is 2. The van der Waals surface area contributed by atoms with Gasteiger partial charge in [-0.15, -0.1) is 0 Å². The van der Waals surface area contributed by atoms with Crippen molar-refractivity contribution in [3.8, 4) is 11.3 Å². The van der Waals surface area contributed by atoms with Crippen molar-refractivity contribution in [2.45, 2.75) is 6.42 Å². The normalized spacial score (nSPS) is 14.6. The van der Waals surface area contributed by atoms with Gasteiger partial charge in [0.1, 0.15) is 0 Å². The minimum atomic E-state index is -0.197. The van der Waals surface area contributed by atoms with Gasteiger partial charge in [0, 0.05) is 68.2 Å². The average molecular weight is 377 g/mol. The molecule has 0 radical (unpaired) electrons. The standard InChI is InChI=1S/C20H19N5O3/c26-19(15-4-7-21-8-5-15)24-9-2-10-25(12-11-24)20(27)17-13-18(28-23-17)16-3-1-6-22-14-16/h1,3-8,13-14H,2,9-12H2. The topological polar surface area (TPSA) is 92.4 Å². The lowest BCUT2D eigenvalue weighted by atomic mass is 10.2. The fourth-order valence-corrected chi connectivity index (χ4v) is 3.18. The number of amides is 2. The summed E-state index contributed by atoms with van der Waals surface area (Å²) in [5.74, 6) is 0.259. The van der Waals surface area contributed by atoms with Crippen LogP contribution in [0.25, 0.3) is 11.3 Å². The largest absolute Gasteiger partial charge is 0.355 e. The van der Waals surface area contributed by atoms with Crippen LogP contribution < -0.4 is 0 Å². The molecule has 3 aromatic heterocycles. The predicted molar refractivity (Wildman–Crippen MR) is 100 cm³/mol. The van der Waals surface area contributed by atoms with Crippen LogP contribution in [0.3, 0.4) is 0 Å². The van der Waals surface area contributed by atoms with Gasteiger partial charge in [0.15, 0.2) is 11.5 Å². The van der Waals surface area contributed by atoms with Gasteiger partial charge in [-0.1, -0.05) is 5.16 Å². The number of pyridine rings is 2. The van der Waals surface area contributed by atoms with Crippen LogP contribution in [0.4, 0.5) is 0 Å². The molecular weight excluding hydrogens is 358 g/mol. The van der Waals surface area contributed by atoms with E-state index in [1.165, 1.54) is 0 Å². The van der Waals surface area contributed by atoms with Crippen LogP contribution in [0.15, 0.2) is 59.6 Å². The van der Waals surface area contributed by atoms with Gasteiger partial charge in [-0.25, -0.2) is 0 Å². The highest BCUT2D eigenvalue weighted by atomic mass is 16.5. The smallest absolute Gasteiger partial charge is 0.276 e. The van der Waals surface area contributed by atoms with E-state index in [9.17, 15) is 9.59 Å². The Morgan fingerprint density at radius 2 is 1.64 bits per heavy atom. The molecule has 0 atom stereocenters. The van der Waals surface area contributed by atoms with Crippen molar-refractivity contribution in [1.82, 2.24) is 24.9 Å². The maximum atomic E-state index is 12.8. The molecular formula is C20H19N5O3. The molecule has 0 bridgehead atoms. The average Bonchev–Trinajstić information content (AvgIpc) is 3.12. The lowest BCUT2D eigenvalue weighted by molar-refractivity contribution is 0.0713. The minimum absolute atomic E-state index is 0.0444. The van der Waals surface area contributed by atoms with Crippen molar-refractivity contribution in [2.75, 3.05) is 26.2 Å². The highest BCUT2D eigenvalue weighted by molar-refractivity contribution is 5.95. The zero-order valence-corrected chi connectivity index (χ0v) is 15.2. The van der Waals surface area contributed by atoms with Crippen LogP contribution in [0, 0.1) is 0 Å². The Kier molecular flexibility index (Phi) is 5.09. The molecule has 1 aliphatic heterocycles. The Hall–Kier alpha value is -3.55. The molecule has 0 aliphatic carbocycles. The first-order valence-electron chi connectivity index (χ1n) is 9.08. The fraction of sp³-hybridized carbons (Fsp3) is 0.250. The Balaban J connectivity index is 1.42. The molecule has 4 heterocycles. The van der Waals surface area contributed by atoms with Gasteiger partial charge in [-0.2, -0.15) is 0 Å². The zero-order valence-electron chi connectivity index (χ0n) is 15.2. The summed E-state index contributed by atoms with van der Waals surface area (Å²) < 4.78 is 5.30. The van der Waals surface area contributed by atoms with Crippen molar-refractivity contribution in [3.63, 3.8) is 0 Å². The van der Waals surface area contributed by atoms with E-state index in [0.29, 0.717) is 43.9 Å². The predicted octanol–water partition coefficient (Wildman–Crippen LogP) is 2.12. The summed E-state index contributed by atoms with van der Waals surface area (Å²) >= 11 is 0. The van der Waals surface area contributed by atoms with Gasteiger partial charge in [-0.3, -0.25) is 19.6 Å². The van der Waals surface area contributed by atoms with Crippen molar-refractivity contribution in [3.05, 3.63) is 66.4 Å². The van der Waals surface area contributed by atoms with E-state index >= 15 is 0 Å². The maximum Gasteiger partial charge on any atom is 0.276 e. The summed E-state index contributed by atoms with van der Waals surface area (Å²) in [5.41, 5.74) is 1.62. The zero-order chi connectivity index (χ0) is 19.3. The quantitative estimate of drug-likeness (QED) is 0.694. The molecule has 8 heteroatoms. The summed E-state index contributed by atoms with van der Waals surface area (Å²) in [6.07, 6.45) is 7.23. The van der Waals surface area contributed by atoms with Crippen molar-refractivity contribution in [1.29, 1.82) is 0 Å². The van der Waals surface area contributed by atoms with E-state index in [-0.39, 0.29) is 17.5 Å². The minimum Gasteiger partial charge on any atom is -0.355 e. The molecule has 0 aromatic carbocycles. The fourth-order valence-electron chi connectivity index (χ4n) is 3.18. The van der Waals surface area contributed by atoms with E-state index in [1.807, 2.05) is 6.07 Å². The number of hydrogen-bond acceptors (Lipinski definition) is 6. The Morgan fingerprint density at radius 1 is 0.893 bits per heavy atom. The molecule has 0 N–H and O–H groups in total. The molecule has 142 valence electrons. The van der Waals surface area contributed by atoms with Crippen molar-refractivity contribution < 1.29 is 14.1 Å². The molecule has 1 aliphatic rings. The van der Waals surface area contributed by atoms with Crippen LogP contribution in [-0.2, 0) is 0 Å². The monoisotopic (exact) mass is 377 g/mol. The highest BCUT2D eigenvalue weighted by Crippen LogP contribution is 2.20. The molecule has 0 saturated carbocycles. The van der Waals surface area contributed by atoms with Gasteiger partial charge < -0.3 is 14.3 Å². The summed E-state index contributed by atoms with van der Waals surface area (Å²) in [7, 11) is 0. The summed E-state index contributed by atoms with van der Waals surface area (Å²) in [4.78, 5) is 36.9. The second-order valence-corrected chi connectivity index (χ2v) is 6.49. The third-order valence-electron chi connectivity index (χ3n) is 4.67. The van der Waals surface area contributed by atoms with E-state index < -0.39 is 0 Å². The molecule has 28 heavy (non-hydrogen) atoms. The summed E-state index contributed by atoms with van der Waals surface area (Å²) in [6, 6.07) is 8.67. The third-order valence-corrected chi connectivity index (χ3v) is 4.67. The Labute approximate surface area is 161 Å². The van der Waals surface area contributed by atoms with E-state index in [4.69, 9.17) is 4.52 Å². The number of nitrogens with zero attached hydrogens (tertiary/aromatic N) is 5. The van der Waals surface area contributed by atoms with Crippen molar-refractivity contribution in [2.24, 2.45) is 0 Å². The van der Waals surface area contributed by atoms with Crippen LogP contribution in [-0.4, -0.2) is 62.9 Å². The van der Waals surface area contributed by atoms with E-state index in [2.05, 4.69) is 15.1 Å². The second kappa shape index (κ2) is 7.99. The lowest BCUT2D eigenvalue weighted by Crippen LogP contribution is -2.37. The van der Waals surface area contributed by atoms with Crippen LogP contribution in [0.2, 0.25) is 0 Å². The van der Waals surface area contributed by atoms with Gasteiger partial charge in [0.25, 0.3) is 11.8 Å². The van der Waals surface area contributed by atoms with Gasteiger partial charge in [0.05, 0.1) is 0 Å². The molecule has 8 nitrogen and oxygen atoms in total. The first-order valence-corrected chi connectivity index (χ1v) is 9.08. The van der Waals surface area contributed by atoms with Gasteiger partial charge >= 0.3 is 0 Å². The first-order chi connectivity index (χ1) is 13.7. The molecule has 4 rings (SSSR count). The van der Waals surface area contributed by atoms with Crippen LogP contribution in [0.1, 0.15) is 27.3 Å². The molecule has 2 amide bonds. The summed E-state index contributed by atoms with van der Waals surface area (Å²) in [5, 5.41) is 3.92. The molecule has 0 spiro atoms. The second-order valence-electron chi connectivity index (χ2n) is 6.49. The van der Waals surface area contributed by atoms with Crippen LogP contribution in [0.5, 0.6) is 0 Å². The SMILES string of the molecule is O=C(c1ccncc1)N1CCCN(C(=O)c2cc(-c3cccnc3)on2)CC1. The number of aromatic nitrogens is 3. The molecule has 0 unspecified atom stereocenters. The number of hydrogen-bond donors (Lipinski definition) is 0. The maximum absolute atomic E-state index is 12.8. The lowest BCUT2D eigenvalue weighted by Gasteiger charge is -2.21. The third kappa shape index (κ3) is 3.75. The summed E-state index contributed by atoms with van der Waals surface area (Å²) in [6.45, 7) is 2.09. The highest BCUT2D eigenvalue weighted by Gasteiger charge is 2.25.